The van der Waals surface area contributed by atoms with Gasteiger partial charge < -0.3 is 19.3 Å². The molecule has 0 aliphatic rings. The summed E-state index contributed by atoms with van der Waals surface area (Å²) in [5.74, 6) is -0.343. The summed E-state index contributed by atoms with van der Waals surface area (Å²) in [6.07, 6.45) is 0. The molecule has 7 heteroatoms. The Morgan fingerprint density at radius 1 is 1.48 bits per heavy atom. The van der Waals surface area contributed by atoms with Crippen molar-refractivity contribution in [2.24, 2.45) is 0 Å². The fourth-order valence-corrected chi connectivity index (χ4v) is 2.10. The van der Waals surface area contributed by atoms with Gasteiger partial charge in [0.15, 0.2) is 5.76 Å². The quantitative estimate of drug-likeness (QED) is 0.847. The molecule has 0 spiro atoms. The third-order valence-electron chi connectivity index (χ3n) is 2.75. The minimum Gasteiger partial charge on any atom is -0.480 e. The molecule has 1 aromatic heterocycles. The van der Waals surface area contributed by atoms with Crippen molar-refractivity contribution in [2.45, 2.75) is 13.2 Å². The van der Waals surface area contributed by atoms with E-state index in [1.165, 1.54) is 0 Å². The van der Waals surface area contributed by atoms with E-state index in [0.717, 1.165) is 0 Å². The topological polar surface area (TPSA) is 75.8 Å². The first-order valence-electron chi connectivity index (χ1n) is 6.24. The molecule has 0 atom stereocenters. The zero-order chi connectivity index (χ0) is 15.2. The maximum absolute atomic E-state index is 11.0. The standard InChI is InChI=1S/C14H15ClN2O4/c1-20-9-13-6-11(16-21-13)7-17(8-14(18)19)12-4-2-3-10(15)5-12/h2-6H,7-9H2,1H3,(H,18,19). The van der Waals surface area contributed by atoms with Crippen LogP contribution in [0.15, 0.2) is 34.9 Å². The van der Waals surface area contributed by atoms with Crippen molar-refractivity contribution in [2.75, 3.05) is 18.6 Å². The van der Waals surface area contributed by atoms with E-state index in [0.29, 0.717) is 35.3 Å². The van der Waals surface area contributed by atoms with Crippen molar-refractivity contribution in [1.82, 2.24) is 5.16 Å². The Morgan fingerprint density at radius 3 is 2.95 bits per heavy atom. The Labute approximate surface area is 126 Å². The van der Waals surface area contributed by atoms with Crippen molar-refractivity contribution in [3.05, 3.63) is 46.8 Å². The van der Waals surface area contributed by atoms with Crippen LogP contribution in [0.1, 0.15) is 11.5 Å². The molecule has 0 radical (unpaired) electrons. The van der Waals surface area contributed by atoms with Gasteiger partial charge in [0.2, 0.25) is 0 Å². The number of aromatic nitrogens is 1. The van der Waals surface area contributed by atoms with Crippen LogP contribution in [0.4, 0.5) is 5.69 Å². The summed E-state index contributed by atoms with van der Waals surface area (Å²) >= 11 is 5.95. The lowest BCUT2D eigenvalue weighted by Gasteiger charge is -2.21. The molecule has 1 N–H and O–H groups in total. The molecule has 6 nitrogen and oxygen atoms in total. The molecule has 0 aliphatic heterocycles. The molecule has 2 rings (SSSR count). The summed E-state index contributed by atoms with van der Waals surface area (Å²) in [6.45, 7) is 0.468. The monoisotopic (exact) mass is 310 g/mol. The van der Waals surface area contributed by atoms with Crippen LogP contribution in [0.2, 0.25) is 5.02 Å². The van der Waals surface area contributed by atoms with E-state index in [2.05, 4.69) is 5.16 Å². The van der Waals surface area contributed by atoms with E-state index in [4.69, 9.17) is 26.0 Å². The van der Waals surface area contributed by atoms with E-state index in [9.17, 15) is 4.79 Å². The van der Waals surface area contributed by atoms with Gasteiger partial charge in [-0.25, -0.2) is 0 Å². The third kappa shape index (κ3) is 4.47. The number of benzene rings is 1. The SMILES string of the molecule is COCc1cc(CN(CC(=O)O)c2cccc(Cl)c2)no1. The molecular weight excluding hydrogens is 296 g/mol. The molecule has 1 heterocycles. The van der Waals surface area contributed by atoms with Gasteiger partial charge >= 0.3 is 5.97 Å². The summed E-state index contributed by atoms with van der Waals surface area (Å²) in [6, 6.07) is 8.75. The summed E-state index contributed by atoms with van der Waals surface area (Å²) in [5, 5.41) is 13.5. The van der Waals surface area contributed by atoms with Gasteiger partial charge in [-0.1, -0.05) is 22.8 Å². The summed E-state index contributed by atoms with van der Waals surface area (Å²) in [5.41, 5.74) is 1.34. The van der Waals surface area contributed by atoms with Crippen LogP contribution in [0.5, 0.6) is 0 Å². The number of methoxy groups -OCH3 is 1. The lowest BCUT2D eigenvalue weighted by atomic mass is 10.2. The van der Waals surface area contributed by atoms with Crippen LogP contribution < -0.4 is 4.90 Å². The number of anilines is 1. The van der Waals surface area contributed by atoms with Crippen molar-refractivity contribution >= 4 is 23.3 Å². The number of carboxylic acids is 1. The van der Waals surface area contributed by atoms with E-state index in [1.807, 2.05) is 0 Å². The van der Waals surface area contributed by atoms with Crippen LogP contribution in [-0.4, -0.2) is 29.9 Å². The highest BCUT2D eigenvalue weighted by Crippen LogP contribution is 2.21. The van der Waals surface area contributed by atoms with Crippen LogP contribution in [0, 0.1) is 0 Å². The highest BCUT2D eigenvalue weighted by molar-refractivity contribution is 6.30. The zero-order valence-electron chi connectivity index (χ0n) is 11.5. The van der Waals surface area contributed by atoms with E-state index in [-0.39, 0.29) is 6.54 Å². The second kappa shape index (κ2) is 7.10. The van der Waals surface area contributed by atoms with Crippen molar-refractivity contribution in [3.63, 3.8) is 0 Å². The highest BCUT2D eigenvalue weighted by atomic mass is 35.5. The van der Waals surface area contributed by atoms with E-state index in [1.54, 1.807) is 42.3 Å². The molecule has 0 amide bonds. The number of rotatable bonds is 7. The van der Waals surface area contributed by atoms with Gasteiger partial charge in [-0.15, -0.1) is 0 Å². The summed E-state index contributed by atoms with van der Waals surface area (Å²) in [7, 11) is 1.56. The molecule has 0 saturated carbocycles. The molecule has 0 fully saturated rings. The van der Waals surface area contributed by atoms with E-state index < -0.39 is 5.97 Å². The first kappa shape index (κ1) is 15.3. The Hall–Kier alpha value is -2.05. The first-order valence-corrected chi connectivity index (χ1v) is 6.62. The number of carbonyl (C=O) groups is 1. The Morgan fingerprint density at radius 2 is 2.29 bits per heavy atom. The fraction of sp³-hybridized carbons (Fsp3) is 0.286. The van der Waals surface area contributed by atoms with Gasteiger partial charge in [-0.2, -0.15) is 0 Å². The number of carboxylic acid groups (broad SMARTS) is 1. The second-order valence-electron chi connectivity index (χ2n) is 4.45. The fourth-order valence-electron chi connectivity index (χ4n) is 1.91. The number of hydrogen-bond donors (Lipinski definition) is 1. The van der Waals surface area contributed by atoms with Gasteiger partial charge in [-0.05, 0) is 18.2 Å². The van der Waals surface area contributed by atoms with Crippen LogP contribution in [0.25, 0.3) is 0 Å². The molecule has 112 valence electrons. The third-order valence-corrected chi connectivity index (χ3v) is 2.98. The molecule has 1 aromatic carbocycles. The first-order chi connectivity index (χ1) is 10.1. The molecule has 0 bridgehead atoms. The summed E-state index contributed by atoms with van der Waals surface area (Å²) < 4.78 is 10.0. The van der Waals surface area contributed by atoms with Gasteiger partial charge in [0.1, 0.15) is 18.8 Å². The summed E-state index contributed by atoms with van der Waals surface area (Å²) in [4.78, 5) is 12.7. The number of aliphatic carboxylic acids is 1. The minimum atomic E-state index is -0.935. The van der Waals surface area contributed by atoms with Crippen molar-refractivity contribution in [1.29, 1.82) is 0 Å². The Balaban J connectivity index is 2.17. The van der Waals surface area contributed by atoms with Gasteiger partial charge in [0.25, 0.3) is 0 Å². The lowest BCUT2D eigenvalue weighted by molar-refractivity contribution is -0.135. The predicted molar refractivity (Wildman–Crippen MR) is 77.4 cm³/mol. The van der Waals surface area contributed by atoms with E-state index >= 15 is 0 Å². The normalized spacial score (nSPS) is 10.6. The number of ether oxygens (including phenoxy) is 1. The number of nitrogens with zero attached hydrogens (tertiary/aromatic N) is 2. The number of hydrogen-bond acceptors (Lipinski definition) is 5. The Bertz CT molecular complexity index is 615. The average molecular weight is 311 g/mol. The van der Waals surface area contributed by atoms with Crippen molar-refractivity contribution < 1.29 is 19.2 Å². The van der Waals surface area contributed by atoms with Gasteiger partial charge in [-0.3, -0.25) is 4.79 Å². The largest absolute Gasteiger partial charge is 0.480 e. The lowest BCUT2D eigenvalue weighted by Crippen LogP contribution is -2.29. The average Bonchev–Trinajstić information content (AvgIpc) is 2.85. The predicted octanol–water partition coefficient (Wildman–Crippen LogP) is 2.57. The maximum Gasteiger partial charge on any atom is 0.323 e. The maximum atomic E-state index is 11.0. The van der Waals surface area contributed by atoms with Gasteiger partial charge in [0, 0.05) is 23.9 Å². The number of halogens is 1. The van der Waals surface area contributed by atoms with Crippen LogP contribution in [-0.2, 0) is 22.7 Å². The molecule has 0 unspecified atom stereocenters. The zero-order valence-corrected chi connectivity index (χ0v) is 12.2. The molecule has 0 aliphatic carbocycles. The molecule has 2 aromatic rings. The molecule has 21 heavy (non-hydrogen) atoms. The smallest absolute Gasteiger partial charge is 0.323 e. The second-order valence-corrected chi connectivity index (χ2v) is 4.88. The molecule has 0 saturated heterocycles. The van der Waals surface area contributed by atoms with Gasteiger partial charge in [0.05, 0.1) is 6.54 Å². The Kier molecular flexibility index (Phi) is 5.19. The van der Waals surface area contributed by atoms with Crippen LogP contribution in [0.3, 0.4) is 0 Å². The molecular formula is C14H15ClN2O4. The van der Waals surface area contributed by atoms with Crippen molar-refractivity contribution in [3.8, 4) is 0 Å². The minimum absolute atomic E-state index is 0.160. The highest BCUT2D eigenvalue weighted by Gasteiger charge is 2.14. The van der Waals surface area contributed by atoms with Crippen LogP contribution >= 0.6 is 11.6 Å².